The normalized spacial score (nSPS) is 12.6. The van der Waals surface area contributed by atoms with Crippen LogP contribution in [0, 0.1) is 0 Å². The van der Waals surface area contributed by atoms with E-state index >= 15 is 0 Å². The van der Waals surface area contributed by atoms with Crippen molar-refractivity contribution in [3.05, 3.63) is 63.7 Å². The van der Waals surface area contributed by atoms with Crippen molar-refractivity contribution >= 4 is 34.2 Å². The van der Waals surface area contributed by atoms with Crippen LogP contribution in [0.3, 0.4) is 0 Å². The number of fused-ring (bicyclic) bond motifs is 1. The van der Waals surface area contributed by atoms with Crippen LogP contribution in [0.5, 0.6) is 0 Å². The number of hydrogen-bond acceptors (Lipinski definition) is 4. The topological polar surface area (TPSA) is 102 Å². The summed E-state index contributed by atoms with van der Waals surface area (Å²) in [6.07, 6.45) is 0. The average molecular weight is 414 g/mol. The van der Waals surface area contributed by atoms with E-state index in [-0.39, 0.29) is 17.1 Å². The summed E-state index contributed by atoms with van der Waals surface area (Å²) in [7, 11) is 0. The highest BCUT2D eigenvalue weighted by Crippen LogP contribution is 2.23. The largest absolute Gasteiger partial charge is 0.333 e. The van der Waals surface area contributed by atoms with Gasteiger partial charge in [-0.15, -0.1) is 0 Å². The highest BCUT2D eigenvalue weighted by Gasteiger charge is 2.18. The molecule has 0 fully saturated rings. The minimum absolute atomic E-state index is 0.316. The zero-order chi connectivity index (χ0) is 21.3. The SMILES string of the molecule is C[C@H](N)c1nc2cccc(Cl)c2c(=O)n1-c1cccc(NC(=O)NC(C)(C)C)c1. The summed E-state index contributed by atoms with van der Waals surface area (Å²) in [5.41, 5.74) is 6.97. The Morgan fingerprint density at radius 1 is 1.21 bits per heavy atom. The molecule has 3 rings (SSSR count). The van der Waals surface area contributed by atoms with Crippen LogP contribution in [0.25, 0.3) is 16.6 Å². The van der Waals surface area contributed by atoms with Crippen LogP contribution >= 0.6 is 11.6 Å². The smallest absolute Gasteiger partial charge is 0.319 e. The molecule has 152 valence electrons. The molecule has 3 aromatic rings. The molecule has 0 unspecified atom stereocenters. The quantitative estimate of drug-likeness (QED) is 0.604. The fraction of sp³-hybridized carbons (Fsp3) is 0.286. The molecular weight excluding hydrogens is 390 g/mol. The molecular formula is C21H24ClN5O2. The molecule has 0 spiro atoms. The average Bonchev–Trinajstić information content (AvgIpc) is 2.59. The van der Waals surface area contributed by atoms with Crippen molar-refractivity contribution in [1.29, 1.82) is 0 Å². The number of halogens is 1. The Kier molecular flexibility index (Phi) is 5.64. The van der Waals surface area contributed by atoms with Gasteiger partial charge in [-0.2, -0.15) is 0 Å². The Balaban J connectivity index is 2.12. The molecule has 0 aliphatic rings. The number of urea groups is 1. The highest BCUT2D eigenvalue weighted by molar-refractivity contribution is 6.35. The molecule has 2 aromatic carbocycles. The number of hydrogen-bond donors (Lipinski definition) is 3. The van der Waals surface area contributed by atoms with Gasteiger partial charge in [-0.05, 0) is 58.0 Å². The lowest BCUT2D eigenvalue weighted by Crippen LogP contribution is -2.43. The third-order valence-electron chi connectivity index (χ3n) is 4.13. The first-order valence-corrected chi connectivity index (χ1v) is 9.61. The third kappa shape index (κ3) is 4.58. The summed E-state index contributed by atoms with van der Waals surface area (Å²) in [4.78, 5) is 30.0. The van der Waals surface area contributed by atoms with E-state index in [1.165, 1.54) is 4.57 Å². The molecule has 0 aliphatic heterocycles. The van der Waals surface area contributed by atoms with E-state index < -0.39 is 6.04 Å². The van der Waals surface area contributed by atoms with Gasteiger partial charge in [0.1, 0.15) is 5.82 Å². The molecule has 0 saturated carbocycles. The number of amides is 2. The van der Waals surface area contributed by atoms with Crippen molar-refractivity contribution < 1.29 is 4.79 Å². The van der Waals surface area contributed by atoms with Crippen molar-refractivity contribution in [3.8, 4) is 5.69 Å². The number of carbonyl (C=O) groups is 1. The second-order valence-corrected chi connectivity index (χ2v) is 8.32. The molecule has 7 nitrogen and oxygen atoms in total. The lowest BCUT2D eigenvalue weighted by atomic mass is 10.1. The Morgan fingerprint density at radius 2 is 1.90 bits per heavy atom. The number of nitrogens with two attached hydrogens (primary N) is 1. The van der Waals surface area contributed by atoms with Crippen LogP contribution in [0.15, 0.2) is 47.3 Å². The first kappa shape index (κ1) is 20.8. The Labute approximate surface area is 173 Å². The van der Waals surface area contributed by atoms with Gasteiger partial charge in [-0.25, -0.2) is 9.78 Å². The maximum Gasteiger partial charge on any atom is 0.319 e. The molecule has 2 amide bonds. The molecule has 0 bridgehead atoms. The summed E-state index contributed by atoms with van der Waals surface area (Å²) in [5.74, 6) is 0.404. The van der Waals surface area contributed by atoms with E-state index in [1.54, 1.807) is 49.4 Å². The predicted octanol–water partition coefficient (Wildman–Crippen LogP) is 3.98. The van der Waals surface area contributed by atoms with Gasteiger partial charge in [0.15, 0.2) is 0 Å². The standard InChI is InChI=1S/C21H24ClN5O2/c1-12(23)18-25-16-10-6-9-15(22)17(16)19(28)27(18)14-8-5-7-13(11-14)24-20(29)26-21(2,3)4/h5-12H,23H2,1-4H3,(H2,24,26,29)/t12-/m0/s1. The van der Waals surface area contributed by atoms with Crippen molar-refractivity contribution in [3.63, 3.8) is 0 Å². The Morgan fingerprint density at radius 3 is 2.55 bits per heavy atom. The van der Waals surface area contributed by atoms with Crippen LogP contribution in [0.4, 0.5) is 10.5 Å². The molecule has 1 heterocycles. The van der Waals surface area contributed by atoms with E-state index in [1.807, 2.05) is 20.8 Å². The Hall–Kier alpha value is -2.90. The Bertz CT molecular complexity index is 1130. The van der Waals surface area contributed by atoms with Crippen molar-refractivity contribution in [2.45, 2.75) is 39.3 Å². The second kappa shape index (κ2) is 7.85. The monoisotopic (exact) mass is 413 g/mol. The van der Waals surface area contributed by atoms with Crippen LogP contribution < -0.4 is 21.9 Å². The molecule has 0 radical (unpaired) electrons. The molecule has 1 aromatic heterocycles. The summed E-state index contributed by atoms with van der Waals surface area (Å²) < 4.78 is 1.44. The van der Waals surface area contributed by atoms with Crippen molar-refractivity contribution in [2.24, 2.45) is 5.73 Å². The number of nitrogens with zero attached hydrogens (tertiary/aromatic N) is 2. The molecule has 29 heavy (non-hydrogen) atoms. The van der Waals surface area contributed by atoms with Gasteiger partial charge in [0.05, 0.1) is 27.7 Å². The molecule has 4 N–H and O–H groups in total. The predicted molar refractivity (Wildman–Crippen MR) is 117 cm³/mol. The first-order valence-electron chi connectivity index (χ1n) is 9.23. The van der Waals surface area contributed by atoms with Crippen LogP contribution in [0.2, 0.25) is 5.02 Å². The maximum atomic E-state index is 13.3. The zero-order valence-electron chi connectivity index (χ0n) is 16.8. The number of rotatable bonds is 3. The zero-order valence-corrected chi connectivity index (χ0v) is 17.5. The molecule has 8 heteroatoms. The van der Waals surface area contributed by atoms with Gasteiger partial charge in [0.25, 0.3) is 5.56 Å². The van der Waals surface area contributed by atoms with E-state index in [2.05, 4.69) is 15.6 Å². The number of carbonyl (C=O) groups excluding carboxylic acids is 1. The van der Waals surface area contributed by atoms with Gasteiger partial charge in [-0.3, -0.25) is 9.36 Å². The lowest BCUT2D eigenvalue weighted by Gasteiger charge is -2.21. The third-order valence-corrected chi connectivity index (χ3v) is 4.45. The second-order valence-electron chi connectivity index (χ2n) is 7.91. The molecule has 0 saturated heterocycles. The van der Waals surface area contributed by atoms with E-state index in [4.69, 9.17) is 17.3 Å². The molecule has 1 atom stereocenters. The number of anilines is 1. The van der Waals surface area contributed by atoms with Gasteiger partial charge < -0.3 is 16.4 Å². The van der Waals surface area contributed by atoms with E-state index in [0.29, 0.717) is 33.1 Å². The summed E-state index contributed by atoms with van der Waals surface area (Å²) in [6.45, 7) is 7.43. The van der Waals surface area contributed by atoms with Gasteiger partial charge in [0.2, 0.25) is 0 Å². The van der Waals surface area contributed by atoms with Crippen LogP contribution in [-0.4, -0.2) is 21.1 Å². The number of nitrogens with one attached hydrogen (secondary N) is 2. The lowest BCUT2D eigenvalue weighted by molar-refractivity contribution is 0.244. The molecule has 0 aliphatic carbocycles. The van der Waals surface area contributed by atoms with E-state index in [0.717, 1.165) is 0 Å². The fourth-order valence-corrected chi connectivity index (χ4v) is 3.24. The van der Waals surface area contributed by atoms with Crippen LogP contribution in [0.1, 0.15) is 39.6 Å². The maximum absolute atomic E-state index is 13.3. The minimum Gasteiger partial charge on any atom is -0.333 e. The highest BCUT2D eigenvalue weighted by atomic mass is 35.5. The van der Waals surface area contributed by atoms with Crippen molar-refractivity contribution in [1.82, 2.24) is 14.9 Å². The summed E-state index contributed by atoms with van der Waals surface area (Å²) in [5, 5.41) is 6.26. The van der Waals surface area contributed by atoms with Crippen molar-refractivity contribution in [2.75, 3.05) is 5.32 Å². The van der Waals surface area contributed by atoms with E-state index in [9.17, 15) is 9.59 Å². The minimum atomic E-state index is -0.494. The van der Waals surface area contributed by atoms with Gasteiger partial charge in [-0.1, -0.05) is 23.7 Å². The van der Waals surface area contributed by atoms with Gasteiger partial charge >= 0.3 is 6.03 Å². The van der Waals surface area contributed by atoms with Gasteiger partial charge in [0, 0.05) is 11.2 Å². The number of benzene rings is 2. The first-order chi connectivity index (χ1) is 13.6. The summed E-state index contributed by atoms with van der Waals surface area (Å²) in [6, 6.07) is 11.2. The fourth-order valence-electron chi connectivity index (χ4n) is 2.99. The van der Waals surface area contributed by atoms with Crippen LogP contribution in [-0.2, 0) is 0 Å². The number of aromatic nitrogens is 2. The summed E-state index contributed by atoms with van der Waals surface area (Å²) >= 11 is 6.27.